The summed E-state index contributed by atoms with van der Waals surface area (Å²) < 4.78 is 0. The molecule has 0 aliphatic carbocycles. The number of hydrogen-bond acceptors (Lipinski definition) is 3. The van der Waals surface area contributed by atoms with Gasteiger partial charge in [0.2, 0.25) is 0 Å². The fourth-order valence-electron chi connectivity index (χ4n) is 1.94. The molecule has 2 heterocycles. The summed E-state index contributed by atoms with van der Waals surface area (Å²) in [6.45, 7) is 4.00. The summed E-state index contributed by atoms with van der Waals surface area (Å²) >= 11 is 14.0. The Hall–Kier alpha value is -1.16. The van der Waals surface area contributed by atoms with Crippen LogP contribution >= 0.6 is 34.5 Å². The van der Waals surface area contributed by atoms with Crippen LogP contribution in [0.4, 0.5) is 0 Å². The maximum absolute atomic E-state index is 6.25. The summed E-state index contributed by atoms with van der Waals surface area (Å²) in [7, 11) is 0. The molecule has 19 heavy (non-hydrogen) atoms. The second-order valence-corrected chi connectivity index (χ2v) is 6.37. The monoisotopic (exact) mass is 308 g/mol. The van der Waals surface area contributed by atoms with Crippen LogP contribution in [0.3, 0.4) is 0 Å². The van der Waals surface area contributed by atoms with Crippen molar-refractivity contribution in [2.45, 2.75) is 13.8 Å². The van der Waals surface area contributed by atoms with Crippen molar-refractivity contribution in [3.63, 3.8) is 0 Å². The highest BCUT2D eigenvalue weighted by atomic mass is 35.5. The van der Waals surface area contributed by atoms with E-state index >= 15 is 0 Å². The van der Waals surface area contributed by atoms with Gasteiger partial charge < -0.3 is 0 Å². The van der Waals surface area contributed by atoms with Crippen LogP contribution in [-0.4, -0.2) is 9.97 Å². The summed E-state index contributed by atoms with van der Waals surface area (Å²) in [6.07, 6.45) is 0. The van der Waals surface area contributed by atoms with Crippen molar-refractivity contribution < 1.29 is 0 Å². The van der Waals surface area contributed by atoms with Crippen LogP contribution < -0.4 is 0 Å². The van der Waals surface area contributed by atoms with Crippen molar-refractivity contribution in [3.8, 4) is 10.7 Å². The third-order valence-corrected chi connectivity index (χ3v) is 4.66. The van der Waals surface area contributed by atoms with Crippen LogP contribution in [0.25, 0.3) is 21.6 Å². The number of halogens is 2. The highest BCUT2D eigenvalue weighted by Gasteiger charge is 2.12. The number of hydrogen-bond donors (Lipinski definition) is 0. The first kappa shape index (κ1) is 12.9. The lowest BCUT2D eigenvalue weighted by molar-refractivity contribution is 1.23. The zero-order valence-corrected chi connectivity index (χ0v) is 12.7. The Morgan fingerprint density at radius 1 is 1.00 bits per heavy atom. The van der Waals surface area contributed by atoms with E-state index in [0.29, 0.717) is 16.0 Å². The van der Waals surface area contributed by atoms with Crippen molar-refractivity contribution in [3.05, 3.63) is 44.9 Å². The third-order valence-electron chi connectivity index (χ3n) is 2.97. The van der Waals surface area contributed by atoms with Crippen LogP contribution in [0.15, 0.2) is 24.3 Å². The average Bonchev–Trinajstić information content (AvgIpc) is 2.81. The van der Waals surface area contributed by atoms with Gasteiger partial charge in [-0.1, -0.05) is 23.2 Å². The van der Waals surface area contributed by atoms with Crippen molar-refractivity contribution in [2.24, 2.45) is 0 Å². The van der Waals surface area contributed by atoms with E-state index in [1.165, 1.54) is 4.88 Å². The van der Waals surface area contributed by atoms with E-state index in [-0.39, 0.29) is 0 Å². The SMILES string of the molecule is Cc1ccc(-c2nc(Cl)c3ccc(Cl)c(C)c3n2)s1. The zero-order valence-electron chi connectivity index (χ0n) is 10.4. The van der Waals surface area contributed by atoms with Crippen LogP contribution in [0.5, 0.6) is 0 Å². The minimum Gasteiger partial charge on any atom is -0.227 e. The zero-order chi connectivity index (χ0) is 13.6. The standard InChI is InChI=1S/C14H10Cl2N2S/c1-7-3-6-11(19-7)14-17-12-8(2)10(15)5-4-9(12)13(16)18-14/h3-6H,1-2H3. The molecule has 0 fully saturated rings. The van der Waals surface area contributed by atoms with E-state index in [2.05, 4.69) is 16.9 Å². The van der Waals surface area contributed by atoms with Crippen molar-refractivity contribution in [2.75, 3.05) is 0 Å². The van der Waals surface area contributed by atoms with Gasteiger partial charge in [-0.05, 0) is 43.7 Å². The molecule has 0 bridgehead atoms. The summed E-state index contributed by atoms with van der Waals surface area (Å²) in [5, 5.41) is 1.99. The molecule has 0 saturated heterocycles. The Bertz CT molecular complexity index is 780. The highest BCUT2D eigenvalue weighted by molar-refractivity contribution is 7.15. The fourth-order valence-corrected chi connectivity index (χ4v) is 3.12. The molecule has 0 saturated carbocycles. The van der Waals surface area contributed by atoms with E-state index in [0.717, 1.165) is 21.3 Å². The molecule has 5 heteroatoms. The first-order valence-corrected chi connectivity index (χ1v) is 7.32. The van der Waals surface area contributed by atoms with Crippen LogP contribution in [-0.2, 0) is 0 Å². The fraction of sp³-hybridized carbons (Fsp3) is 0.143. The van der Waals surface area contributed by atoms with Gasteiger partial charge in [-0.2, -0.15) is 0 Å². The third kappa shape index (κ3) is 2.22. The number of benzene rings is 1. The lowest BCUT2D eigenvalue weighted by Crippen LogP contribution is -1.92. The number of rotatable bonds is 1. The second kappa shape index (κ2) is 4.75. The Labute approximate surface area is 125 Å². The molecule has 3 aromatic rings. The van der Waals surface area contributed by atoms with Crippen LogP contribution in [0.2, 0.25) is 10.2 Å². The Morgan fingerprint density at radius 3 is 2.47 bits per heavy atom. The lowest BCUT2D eigenvalue weighted by Gasteiger charge is -2.06. The van der Waals surface area contributed by atoms with Gasteiger partial charge in [-0.3, -0.25) is 0 Å². The molecule has 0 amide bonds. The first-order chi connectivity index (χ1) is 9.06. The van der Waals surface area contributed by atoms with Crippen molar-refractivity contribution in [1.82, 2.24) is 9.97 Å². The molecule has 2 nitrogen and oxygen atoms in total. The average molecular weight is 309 g/mol. The normalized spacial score (nSPS) is 11.2. The largest absolute Gasteiger partial charge is 0.227 e. The first-order valence-electron chi connectivity index (χ1n) is 5.75. The number of aryl methyl sites for hydroxylation is 2. The molecule has 0 spiro atoms. The molecule has 1 aromatic carbocycles. The molecule has 0 N–H and O–H groups in total. The topological polar surface area (TPSA) is 25.8 Å². The van der Waals surface area contributed by atoms with Gasteiger partial charge in [-0.15, -0.1) is 11.3 Å². The van der Waals surface area contributed by atoms with Gasteiger partial charge in [0.05, 0.1) is 10.4 Å². The van der Waals surface area contributed by atoms with E-state index in [9.17, 15) is 0 Å². The minimum atomic E-state index is 0.464. The second-order valence-electron chi connectivity index (χ2n) is 4.32. The molecule has 0 atom stereocenters. The van der Waals surface area contributed by atoms with Crippen LogP contribution in [0, 0.1) is 13.8 Å². The molecular weight excluding hydrogens is 299 g/mol. The van der Waals surface area contributed by atoms with E-state index < -0.39 is 0 Å². The van der Waals surface area contributed by atoms with Crippen LogP contribution in [0.1, 0.15) is 10.4 Å². The molecule has 0 unspecified atom stereocenters. The Morgan fingerprint density at radius 2 is 1.79 bits per heavy atom. The van der Waals surface area contributed by atoms with Gasteiger partial charge in [-0.25, -0.2) is 9.97 Å². The van der Waals surface area contributed by atoms with Crippen molar-refractivity contribution in [1.29, 1.82) is 0 Å². The number of thiophene rings is 1. The number of aromatic nitrogens is 2. The quantitative estimate of drug-likeness (QED) is 0.571. The molecule has 0 radical (unpaired) electrons. The van der Waals surface area contributed by atoms with Crippen molar-refractivity contribution >= 4 is 45.4 Å². The molecule has 3 rings (SSSR count). The summed E-state index contributed by atoms with van der Waals surface area (Å²) in [5.41, 5.74) is 1.74. The maximum Gasteiger partial charge on any atom is 0.171 e. The van der Waals surface area contributed by atoms with E-state index in [4.69, 9.17) is 23.2 Å². The minimum absolute atomic E-state index is 0.464. The molecule has 2 aromatic heterocycles. The van der Waals surface area contributed by atoms with Gasteiger partial charge in [0.1, 0.15) is 5.15 Å². The molecule has 0 aliphatic heterocycles. The summed E-state index contributed by atoms with van der Waals surface area (Å²) in [5.74, 6) is 0.654. The molecular formula is C14H10Cl2N2S. The predicted octanol–water partition coefficient (Wildman–Crippen LogP) is 5.28. The lowest BCUT2D eigenvalue weighted by atomic mass is 10.1. The Balaban J connectivity index is 2.31. The summed E-state index contributed by atoms with van der Waals surface area (Å²) in [6, 6.07) is 7.74. The highest BCUT2D eigenvalue weighted by Crippen LogP contribution is 2.32. The maximum atomic E-state index is 6.25. The number of fused-ring (bicyclic) bond motifs is 1. The Kier molecular flexibility index (Phi) is 3.21. The van der Waals surface area contributed by atoms with E-state index in [1.54, 1.807) is 11.3 Å². The smallest absolute Gasteiger partial charge is 0.171 e. The van der Waals surface area contributed by atoms with Gasteiger partial charge in [0.25, 0.3) is 0 Å². The molecule has 96 valence electrons. The predicted molar refractivity (Wildman–Crippen MR) is 82.3 cm³/mol. The van der Waals surface area contributed by atoms with Gasteiger partial charge in [0, 0.05) is 15.3 Å². The molecule has 0 aliphatic rings. The summed E-state index contributed by atoms with van der Waals surface area (Å²) in [4.78, 5) is 11.2. The number of nitrogens with zero attached hydrogens (tertiary/aromatic N) is 2. The van der Waals surface area contributed by atoms with E-state index in [1.807, 2.05) is 31.2 Å². The van der Waals surface area contributed by atoms with Gasteiger partial charge in [0.15, 0.2) is 5.82 Å². The van der Waals surface area contributed by atoms with Gasteiger partial charge >= 0.3 is 0 Å².